The van der Waals surface area contributed by atoms with Gasteiger partial charge in [-0.3, -0.25) is 0 Å². The van der Waals surface area contributed by atoms with Crippen LogP contribution in [0.4, 0.5) is 68.2 Å². The summed E-state index contributed by atoms with van der Waals surface area (Å²) in [7, 11) is 0. The van der Waals surface area contributed by atoms with Gasteiger partial charge in [0.25, 0.3) is 0 Å². The minimum absolute atomic E-state index is 0.0823. The minimum atomic E-state index is 0.0823. The quantitative estimate of drug-likeness (QED) is 0.108. The van der Waals surface area contributed by atoms with Crippen molar-refractivity contribution in [3.63, 3.8) is 0 Å². The number of nitrogens with zero attached hydrogens (tertiary/aromatic N) is 6. The standard InChI is InChI=1S/2C64H53N3/c1-40-18-28-59(42(3)30-40)65(51-14-10-8-11-15-51)53-26-22-45-34-55-57-36-49(44-20-24-50(25-21-44)64(5,6)7)37-58-56-35-46-23-27-54(33-48(46)39-62(56)67(63(57)58)61(55)38-47(45)32-53)66(52-16-12-9-13-17-52)60-29-19-41(2)31-43(60)4;1-40-26-41(2)29-55(28-40)65(51-14-10-8-11-15-51)53-24-20-45-34-57-59-36-49(44-18-22-50(23-19-44)64(5,6)7)37-60-58-35-46-21-25-54(33-48(46)39-62(58)67(63(59)60)61(57)38-47(45)32-53)66(52-16-12-9-13-17-52)56-30-42(3)27-43(4)31-56/h2*8-39H,1-7H3. The van der Waals surface area contributed by atoms with Crippen LogP contribution in [0.25, 0.3) is 142 Å². The maximum Gasteiger partial charge on any atom is 0.0620 e. The largest absolute Gasteiger partial charge is 0.310 e. The Morgan fingerprint density at radius 2 is 0.448 bits per heavy atom. The van der Waals surface area contributed by atoms with Crippen molar-refractivity contribution in [3.8, 4) is 22.3 Å². The molecule has 0 unspecified atom stereocenters. The first-order valence-corrected chi connectivity index (χ1v) is 47.1. The van der Waals surface area contributed by atoms with Crippen molar-refractivity contribution in [2.75, 3.05) is 19.6 Å². The Morgan fingerprint density at radius 3 is 0.716 bits per heavy atom. The molecule has 0 aliphatic carbocycles. The van der Waals surface area contributed by atoms with E-state index in [1.165, 1.54) is 209 Å². The zero-order valence-corrected chi connectivity index (χ0v) is 78.6. The Hall–Kier alpha value is -15.8. The van der Waals surface area contributed by atoms with Crippen LogP contribution in [-0.4, -0.2) is 8.80 Å². The van der Waals surface area contributed by atoms with E-state index in [9.17, 15) is 0 Å². The Morgan fingerprint density at radius 1 is 0.179 bits per heavy atom. The predicted octanol–water partition coefficient (Wildman–Crippen LogP) is 36.6. The van der Waals surface area contributed by atoms with Gasteiger partial charge in [0, 0.05) is 111 Å². The maximum atomic E-state index is 2.55. The van der Waals surface area contributed by atoms with E-state index in [0.717, 1.165) is 56.9 Å². The van der Waals surface area contributed by atoms with Crippen LogP contribution < -0.4 is 19.6 Å². The van der Waals surface area contributed by atoms with E-state index in [-0.39, 0.29) is 10.8 Å². The fraction of sp³-hybridized carbons (Fsp3) is 0.125. The van der Waals surface area contributed by atoms with Gasteiger partial charge in [0.05, 0.1) is 33.1 Å². The Labute approximate surface area is 784 Å². The van der Waals surface area contributed by atoms with Crippen LogP contribution in [0.3, 0.4) is 0 Å². The molecule has 648 valence electrons. The average Bonchev–Trinajstić information content (AvgIpc) is 1.53. The van der Waals surface area contributed by atoms with E-state index in [4.69, 9.17) is 0 Å². The number of hydrogen-bond donors (Lipinski definition) is 0. The fourth-order valence-corrected chi connectivity index (χ4v) is 21.6. The summed E-state index contributed by atoms with van der Waals surface area (Å²) < 4.78 is 5.11. The second-order valence-electron chi connectivity index (χ2n) is 39.7. The summed E-state index contributed by atoms with van der Waals surface area (Å²) in [6.45, 7) is 31.2. The van der Waals surface area contributed by atoms with Crippen LogP contribution >= 0.6 is 0 Å². The van der Waals surface area contributed by atoms with Crippen molar-refractivity contribution in [3.05, 3.63) is 444 Å². The highest BCUT2D eigenvalue weighted by atomic mass is 15.2. The molecule has 0 N–H and O–H groups in total. The van der Waals surface area contributed by atoms with E-state index >= 15 is 0 Å². The molecule has 0 saturated carbocycles. The highest BCUT2D eigenvalue weighted by molar-refractivity contribution is 6.29. The zero-order valence-electron chi connectivity index (χ0n) is 78.6. The molecule has 24 aromatic rings. The third-order valence-electron chi connectivity index (χ3n) is 27.9. The van der Waals surface area contributed by atoms with Crippen molar-refractivity contribution in [1.82, 2.24) is 8.80 Å². The van der Waals surface area contributed by atoms with Crippen LogP contribution in [-0.2, 0) is 10.8 Å². The van der Waals surface area contributed by atoms with Crippen molar-refractivity contribution >= 4 is 188 Å². The average molecular weight is 1730 g/mol. The molecule has 20 aromatic carbocycles. The SMILES string of the molecule is Cc1cc(C)cc(N(c2ccccc2)c2ccc3cc4c5cc(-c6ccc(C(C)(C)C)cc6)cc6c7cc8ccc(N(c9ccccc9)c9cc(C)cc(C)c9)cc8cc7n(c4cc3c2)c56)c1.Cc1ccc(N(c2ccccc2)c2ccc3cc4c5cc(-c6ccc(C(C)(C)C)cc6)cc6c7cc8ccc(N(c9ccccc9)c9ccc(C)cc9C)cc8cc7n(c4cc3c2)c56)c(C)c1. The first-order chi connectivity index (χ1) is 64.9. The molecule has 0 saturated heterocycles. The molecule has 4 aromatic heterocycles. The molecule has 0 amide bonds. The number of anilines is 12. The van der Waals surface area contributed by atoms with Gasteiger partial charge in [0.1, 0.15) is 0 Å². The van der Waals surface area contributed by atoms with Crippen LogP contribution in [0.2, 0.25) is 0 Å². The topological polar surface area (TPSA) is 21.8 Å². The summed E-state index contributed by atoms with van der Waals surface area (Å²) in [4.78, 5) is 9.58. The third kappa shape index (κ3) is 14.5. The molecule has 0 aliphatic rings. The van der Waals surface area contributed by atoms with Gasteiger partial charge in [-0.2, -0.15) is 0 Å². The van der Waals surface area contributed by atoms with Crippen molar-refractivity contribution in [1.29, 1.82) is 0 Å². The molecule has 4 heterocycles. The molecule has 6 heteroatoms. The summed E-state index contributed by atoms with van der Waals surface area (Å²) in [6, 6.07) is 146. The molecule has 6 nitrogen and oxygen atoms in total. The fourth-order valence-electron chi connectivity index (χ4n) is 21.6. The molecular formula is C128H106N6. The van der Waals surface area contributed by atoms with Gasteiger partial charge >= 0.3 is 0 Å². The zero-order chi connectivity index (χ0) is 91.4. The molecule has 0 bridgehead atoms. The van der Waals surface area contributed by atoms with E-state index in [1.54, 1.807) is 0 Å². The van der Waals surface area contributed by atoms with Crippen molar-refractivity contribution in [2.24, 2.45) is 0 Å². The number of hydrogen-bond acceptors (Lipinski definition) is 4. The molecule has 0 radical (unpaired) electrons. The van der Waals surface area contributed by atoms with Gasteiger partial charge in [0.15, 0.2) is 0 Å². The molecule has 134 heavy (non-hydrogen) atoms. The lowest BCUT2D eigenvalue weighted by Gasteiger charge is -2.27. The van der Waals surface area contributed by atoms with Crippen molar-refractivity contribution < 1.29 is 0 Å². The molecule has 0 atom stereocenters. The van der Waals surface area contributed by atoms with Crippen molar-refractivity contribution in [2.45, 2.75) is 108 Å². The molecule has 0 spiro atoms. The first-order valence-electron chi connectivity index (χ1n) is 47.1. The molecule has 24 rings (SSSR count). The molecule has 0 fully saturated rings. The van der Waals surface area contributed by atoms with Gasteiger partial charge in [-0.1, -0.05) is 235 Å². The summed E-state index contributed by atoms with van der Waals surface area (Å²) in [6.07, 6.45) is 0. The number of benzene rings is 20. The highest BCUT2D eigenvalue weighted by Gasteiger charge is 2.28. The van der Waals surface area contributed by atoms with Crippen LogP contribution in [0.15, 0.2) is 388 Å². The van der Waals surface area contributed by atoms with Gasteiger partial charge in [0.2, 0.25) is 0 Å². The van der Waals surface area contributed by atoms with Gasteiger partial charge in [-0.05, 0) is 382 Å². The third-order valence-corrected chi connectivity index (χ3v) is 27.9. The Bertz CT molecular complexity index is 8290. The highest BCUT2D eigenvalue weighted by Crippen LogP contribution is 2.51. The Balaban J connectivity index is 0.000000151. The first kappa shape index (κ1) is 82.6. The number of rotatable bonds is 14. The minimum Gasteiger partial charge on any atom is -0.310 e. The van der Waals surface area contributed by atoms with E-state index < -0.39 is 0 Å². The number of aromatic nitrogens is 2. The van der Waals surface area contributed by atoms with Gasteiger partial charge in [-0.15, -0.1) is 0 Å². The summed E-state index contributed by atoms with van der Waals surface area (Å²) in [5, 5.41) is 19.9. The second-order valence-corrected chi connectivity index (χ2v) is 39.7. The smallest absolute Gasteiger partial charge is 0.0620 e. The Kier molecular flexibility index (Phi) is 19.8. The van der Waals surface area contributed by atoms with Crippen LogP contribution in [0.5, 0.6) is 0 Å². The predicted molar refractivity (Wildman–Crippen MR) is 577 cm³/mol. The number of aryl methyl sites for hydroxylation is 8. The number of fused-ring (bicyclic) bond motifs is 16. The summed E-state index contributed by atoms with van der Waals surface area (Å²) in [5.74, 6) is 0. The van der Waals surface area contributed by atoms with E-state index in [1.807, 2.05) is 0 Å². The maximum absolute atomic E-state index is 2.55. The normalized spacial score (nSPS) is 12.1. The van der Waals surface area contributed by atoms with Crippen LogP contribution in [0.1, 0.15) is 97.2 Å². The summed E-state index contributed by atoms with van der Waals surface area (Å²) >= 11 is 0. The number of para-hydroxylation sites is 4. The molecule has 0 aliphatic heterocycles. The van der Waals surface area contributed by atoms with Gasteiger partial charge in [-0.25, -0.2) is 0 Å². The van der Waals surface area contributed by atoms with Gasteiger partial charge < -0.3 is 28.4 Å². The second kappa shape index (κ2) is 32.1. The lowest BCUT2D eigenvalue weighted by Crippen LogP contribution is -2.11. The van der Waals surface area contributed by atoms with E-state index in [0.29, 0.717) is 0 Å². The lowest BCUT2D eigenvalue weighted by molar-refractivity contribution is 0.590. The van der Waals surface area contributed by atoms with Crippen LogP contribution in [0, 0.1) is 55.4 Å². The monoisotopic (exact) mass is 1730 g/mol. The van der Waals surface area contributed by atoms with E-state index in [2.05, 4.69) is 514 Å². The molecular weight excluding hydrogens is 1620 g/mol. The summed E-state index contributed by atoms with van der Waals surface area (Å²) in [5.41, 5.74) is 39.0. The lowest BCUT2D eigenvalue weighted by atomic mass is 9.86.